The average molecular weight is 365 g/mol. The molecular weight excluding hydrogens is 340 g/mol. The molecule has 0 aliphatic carbocycles. The van der Waals surface area contributed by atoms with Crippen LogP contribution in [-0.2, 0) is 11.2 Å². The second kappa shape index (κ2) is 6.20. The number of aryl methyl sites for hydroxylation is 1. The zero-order chi connectivity index (χ0) is 18.5. The maximum atomic E-state index is 12.8. The molecule has 2 aliphatic rings. The lowest BCUT2D eigenvalue weighted by molar-refractivity contribution is 0.0279. The second-order valence-electron chi connectivity index (χ2n) is 7.87. The molecule has 1 aromatic rings. The van der Waals surface area contributed by atoms with Crippen LogP contribution in [0, 0.1) is 0 Å². The fraction of sp³-hybridized carbons (Fsp3) is 0.579. The Kier molecular flexibility index (Phi) is 4.48. The van der Waals surface area contributed by atoms with E-state index in [2.05, 4.69) is 13.0 Å². The number of benzene rings is 1. The Hall–Kier alpha value is -1.75. The second-order valence-corrected chi connectivity index (χ2v) is 8.28. The fourth-order valence-corrected chi connectivity index (χ4v) is 4.03. The Morgan fingerprint density at radius 1 is 1.32 bits per heavy atom. The van der Waals surface area contributed by atoms with E-state index in [0.717, 1.165) is 17.5 Å². The summed E-state index contributed by atoms with van der Waals surface area (Å²) < 4.78 is 5.50. The van der Waals surface area contributed by atoms with Gasteiger partial charge in [0.05, 0.1) is 16.6 Å². The van der Waals surface area contributed by atoms with Gasteiger partial charge in [-0.3, -0.25) is 4.79 Å². The molecule has 2 heterocycles. The summed E-state index contributed by atoms with van der Waals surface area (Å²) in [5.41, 5.74) is 2.11. The van der Waals surface area contributed by atoms with Gasteiger partial charge in [0.15, 0.2) is 0 Å². The largest absolute Gasteiger partial charge is 0.444 e. The standard InChI is InChI=1S/C19H25ClN2O3/c1-6-11-7-12-13-9-22(18(24)25-19(2,3)4)10-15(13)21(5)17(23)16(12)14(20)8-11/h7-8,13,15H,6,9-10H2,1-5H3/t13-,15+/m1/s1. The number of amides is 2. The van der Waals surface area contributed by atoms with Crippen LogP contribution in [0.2, 0.25) is 5.02 Å². The lowest BCUT2D eigenvalue weighted by Gasteiger charge is -2.36. The smallest absolute Gasteiger partial charge is 0.410 e. The van der Waals surface area contributed by atoms with E-state index in [0.29, 0.717) is 23.7 Å². The molecule has 25 heavy (non-hydrogen) atoms. The number of hydrogen-bond acceptors (Lipinski definition) is 3. The number of nitrogens with zero attached hydrogens (tertiary/aromatic N) is 2. The molecule has 0 unspecified atom stereocenters. The van der Waals surface area contributed by atoms with Crippen molar-refractivity contribution >= 4 is 23.6 Å². The number of likely N-dealkylation sites (N-methyl/N-ethyl adjacent to an activating group) is 1. The molecule has 6 heteroatoms. The van der Waals surface area contributed by atoms with Gasteiger partial charge in [0, 0.05) is 26.1 Å². The first kappa shape index (κ1) is 18.1. The van der Waals surface area contributed by atoms with Crippen LogP contribution in [0.25, 0.3) is 0 Å². The molecule has 1 aromatic carbocycles. The van der Waals surface area contributed by atoms with Crippen molar-refractivity contribution in [1.29, 1.82) is 0 Å². The van der Waals surface area contributed by atoms with Gasteiger partial charge in [-0.15, -0.1) is 0 Å². The molecule has 0 radical (unpaired) electrons. The van der Waals surface area contributed by atoms with Crippen LogP contribution in [0.3, 0.4) is 0 Å². The third-order valence-corrected chi connectivity index (χ3v) is 5.26. The number of carbonyl (C=O) groups is 2. The molecule has 2 amide bonds. The number of carbonyl (C=O) groups excluding carboxylic acids is 2. The van der Waals surface area contributed by atoms with E-state index >= 15 is 0 Å². The van der Waals surface area contributed by atoms with Crippen LogP contribution in [0.5, 0.6) is 0 Å². The Labute approximate surface area is 153 Å². The minimum Gasteiger partial charge on any atom is -0.444 e. The summed E-state index contributed by atoms with van der Waals surface area (Å²) in [6, 6.07) is 3.89. The van der Waals surface area contributed by atoms with E-state index in [9.17, 15) is 9.59 Å². The molecule has 0 bridgehead atoms. The summed E-state index contributed by atoms with van der Waals surface area (Å²) >= 11 is 6.41. The van der Waals surface area contributed by atoms with Gasteiger partial charge in [-0.25, -0.2) is 4.79 Å². The highest BCUT2D eigenvalue weighted by Crippen LogP contribution is 2.41. The quantitative estimate of drug-likeness (QED) is 0.763. The molecule has 5 nitrogen and oxygen atoms in total. The number of hydrogen-bond donors (Lipinski definition) is 0. The predicted octanol–water partition coefficient (Wildman–Crippen LogP) is 3.69. The molecule has 1 saturated heterocycles. The van der Waals surface area contributed by atoms with Gasteiger partial charge in [0.2, 0.25) is 0 Å². The number of fused-ring (bicyclic) bond motifs is 3. The molecule has 0 spiro atoms. The molecule has 2 atom stereocenters. The van der Waals surface area contributed by atoms with Crippen LogP contribution in [0.1, 0.15) is 55.1 Å². The van der Waals surface area contributed by atoms with Crippen LogP contribution in [0.15, 0.2) is 12.1 Å². The summed E-state index contributed by atoms with van der Waals surface area (Å²) in [5, 5.41) is 0.500. The molecule has 0 aromatic heterocycles. The molecular formula is C19H25ClN2O3. The van der Waals surface area contributed by atoms with Gasteiger partial charge in [-0.05, 0) is 44.4 Å². The fourth-order valence-electron chi connectivity index (χ4n) is 3.70. The molecule has 3 rings (SSSR count). The third-order valence-electron chi connectivity index (χ3n) is 4.96. The average Bonchev–Trinajstić information content (AvgIpc) is 2.96. The molecule has 136 valence electrons. The van der Waals surface area contributed by atoms with E-state index in [-0.39, 0.29) is 24.0 Å². The van der Waals surface area contributed by atoms with Gasteiger partial charge < -0.3 is 14.5 Å². The molecule has 0 saturated carbocycles. The van der Waals surface area contributed by atoms with Crippen molar-refractivity contribution in [1.82, 2.24) is 9.80 Å². The van der Waals surface area contributed by atoms with Crippen molar-refractivity contribution in [2.24, 2.45) is 0 Å². The minimum absolute atomic E-state index is 0.0457. The van der Waals surface area contributed by atoms with Crippen LogP contribution >= 0.6 is 11.6 Å². The SMILES string of the molecule is CCc1cc(Cl)c2c(c1)[C@H]1CN(C(=O)OC(C)(C)C)C[C@@H]1N(C)C2=O. The van der Waals surface area contributed by atoms with Gasteiger partial charge in [-0.1, -0.05) is 24.6 Å². The van der Waals surface area contributed by atoms with Crippen molar-refractivity contribution in [2.45, 2.75) is 51.7 Å². The van der Waals surface area contributed by atoms with Crippen molar-refractivity contribution < 1.29 is 14.3 Å². The van der Waals surface area contributed by atoms with E-state index in [1.54, 1.807) is 16.8 Å². The van der Waals surface area contributed by atoms with E-state index < -0.39 is 5.60 Å². The zero-order valence-electron chi connectivity index (χ0n) is 15.4. The maximum absolute atomic E-state index is 12.8. The lowest BCUT2D eigenvalue weighted by atomic mass is 9.84. The Morgan fingerprint density at radius 2 is 2.00 bits per heavy atom. The highest BCUT2D eigenvalue weighted by Gasteiger charge is 2.46. The van der Waals surface area contributed by atoms with Gasteiger partial charge in [-0.2, -0.15) is 0 Å². The van der Waals surface area contributed by atoms with Crippen molar-refractivity contribution in [3.05, 3.63) is 33.8 Å². The summed E-state index contributed by atoms with van der Waals surface area (Å²) in [6.07, 6.45) is 0.520. The number of rotatable bonds is 1. The van der Waals surface area contributed by atoms with Gasteiger partial charge >= 0.3 is 6.09 Å². The van der Waals surface area contributed by atoms with Gasteiger partial charge in [0.25, 0.3) is 5.91 Å². The Morgan fingerprint density at radius 3 is 2.60 bits per heavy atom. The Bertz CT molecular complexity index is 726. The number of halogens is 1. The first-order valence-electron chi connectivity index (χ1n) is 8.69. The van der Waals surface area contributed by atoms with Crippen LogP contribution in [0.4, 0.5) is 4.79 Å². The highest BCUT2D eigenvalue weighted by atomic mass is 35.5. The zero-order valence-corrected chi connectivity index (χ0v) is 16.2. The van der Waals surface area contributed by atoms with Crippen LogP contribution in [-0.4, -0.2) is 53.6 Å². The Balaban J connectivity index is 1.96. The number of ether oxygens (including phenoxy) is 1. The number of likely N-dealkylation sites (tertiary alicyclic amines) is 1. The summed E-state index contributed by atoms with van der Waals surface area (Å²) in [6.45, 7) is 8.64. The third kappa shape index (κ3) is 3.22. The molecule has 0 N–H and O–H groups in total. The summed E-state index contributed by atoms with van der Waals surface area (Å²) in [7, 11) is 1.78. The lowest BCUT2D eigenvalue weighted by Crippen LogP contribution is -2.46. The molecule has 2 aliphatic heterocycles. The monoisotopic (exact) mass is 364 g/mol. The topological polar surface area (TPSA) is 49.9 Å². The predicted molar refractivity (Wildman–Crippen MR) is 97.3 cm³/mol. The first-order chi connectivity index (χ1) is 11.6. The minimum atomic E-state index is -0.539. The highest BCUT2D eigenvalue weighted by molar-refractivity contribution is 6.34. The van der Waals surface area contributed by atoms with E-state index in [1.165, 1.54) is 0 Å². The normalized spacial score (nSPS) is 22.7. The van der Waals surface area contributed by atoms with Crippen LogP contribution < -0.4 is 0 Å². The first-order valence-corrected chi connectivity index (χ1v) is 9.07. The van der Waals surface area contributed by atoms with Crippen molar-refractivity contribution in [3.63, 3.8) is 0 Å². The van der Waals surface area contributed by atoms with Crippen molar-refractivity contribution in [2.75, 3.05) is 20.1 Å². The van der Waals surface area contributed by atoms with E-state index in [4.69, 9.17) is 16.3 Å². The van der Waals surface area contributed by atoms with Crippen molar-refractivity contribution in [3.8, 4) is 0 Å². The van der Waals surface area contributed by atoms with Gasteiger partial charge in [0.1, 0.15) is 5.60 Å². The van der Waals surface area contributed by atoms with E-state index in [1.807, 2.05) is 26.8 Å². The summed E-state index contributed by atoms with van der Waals surface area (Å²) in [5.74, 6) is -0.0100. The maximum Gasteiger partial charge on any atom is 0.410 e. The molecule has 1 fully saturated rings. The summed E-state index contributed by atoms with van der Waals surface area (Å²) in [4.78, 5) is 28.7.